The Hall–Kier alpha value is -5.36. The van der Waals surface area contributed by atoms with Crippen LogP contribution in [0.15, 0.2) is 145 Å². The Morgan fingerprint density at radius 2 is 1.20 bits per heavy atom. The largest absolute Gasteiger partial charge is 0.387 e. The van der Waals surface area contributed by atoms with Crippen LogP contribution in [0.5, 0.6) is 0 Å². The second-order valence-corrected chi connectivity index (χ2v) is 10.9. The van der Waals surface area contributed by atoms with E-state index in [1.54, 1.807) is 4.80 Å². The summed E-state index contributed by atoms with van der Waals surface area (Å²) in [6.07, 6.45) is 3.02. The summed E-state index contributed by atoms with van der Waals surface area (Å²) in [4.78, 5) is 6.33. The average molecular weight is 577 g/mol. The highest BCUT2D eigenvalue weighted by atomic mass is 15.6. The fourth-order valence-corrected chi connectivity index (χ4v) is 5.70. The van der Waals surface area contributed by atoms with Crippen molar-refractivity contribution >= 4 is 5.84 Å². The maximum atomic E-state index is 6.08. The van der Waals surface area contributed by atoms with Gasteiger partial charge in [-0.3, -0.25) is 4.99 Å². The lowest BCUT2D eigenvalue weighted by Gasteiger charge is -2.34. The summed E-state index contributed by atoms with van der Waals surface area (Å²) in [5.41, 5.74) is 12.5. The van der Waals surface area contributed by atoms with E-state index in [1.807, 2.05) is 30.3 Å². The molecule has 0 amide bonds. The molecule has 218 valence electrons. The lowest BCUT2D eigenvalue weighted by atomic mass is 9.77. The van der Waals surface area contributed by atoms with Gasteiger partial charge >= 0.3 is 0 Å². The summed E-state index contributed by atoms with van der Waals surface area (Å²) in [5, 5.41) is 14.5. The van der Waals surface area contributed by atoms with Crippen molar-refractivity contribution < 1.29 is 0 Å². The second-order valence-electron chi connectivity index (χ2n) is 10.9. The minimum Gasteiger partial charge on any atom is -0.387 e. The zero-order valence-corrected chi connectivity index (χ0v) is 24.9. The molecule has 44 heavy (non-hydrogen) atoms. The molecule has 6 aromatic rings. The summed E-state index contributed by atoms with van der Waals surface area (Å²) < 4.78 is 0. The van der Waals surface area contributed by atoms with E-state index in [-0.39, 0.29) is 0 Å². The van der Waals surface area contributed by atoms with Crippen LogP contribution in [0.25, 0.3) is 22.5 Å². The van der Waals surface area contributed by atoms with Crippen molar-refractivity contribution in [3.05, 3.63) is 162 Å². The number of unbranched alkanes of at least 4 members (excludes halogenated alkanes) is 1. The van der Waals surface area contributed by atoms with E-state index in [0.29, 0.717) is 18.2 Å². The van der Waals surface area contributed by atoms with E-state index in [0.717, 1.165) is 58.2 Å². The Bertz CT molecular complexity index is 1710. The quantitative estimate of drug-likeness (QED) is 0.0966. The molecule has 0 unspecified atom stereocenters. The highest BCUT2D eigenvalue weighted by Gasteiger charge is 2.41. The Labute approximate surface area is 258 Å². The fourth-order valence-electron chi connectivity index (χ4n) is 5.70. The summed E-state index contributed by atoms with van der Waals surface area (Å²) in [6.45, 7) is 2.74. The number of aliphatic imine (C=N–C) groups is 1. The van der Waals surface area contributed by atoms with Crippen LogP contribution in [0, 0.1) is 0 Å². The third kappa shape index (κ3) is 5.79. The van der Waals surface area contributed by atoms with Crippen molar-refractivity contribution in [2.45, 2.75) is 38.3 Å². The lowest BCUT2D eigenvalue weighted by molar-refractivity contribution is 0.396. The first kappa shape index (κ1) is 28.7. The van der Waals surface area contributed by atoms with Crippen LogP contribution >= 0.6 is 0 Å². The number of amidine groups is 1. The number of hydrogen-bond acceptors (Lipinski definition) is 4. The number of rotatable bonds is 11. The Morgan fingerprint density at radius 1 is 0.682 bits per heavy atom. The van der Waals surface area contributed by atoms with E-state index < -0.39 is 5.54 Å². The summed E-state index contributed by atoms with van der Waals surface area (Å²) in [7, 11) is 0. The molecule has 2 N–H and O–H groups in total. The van der Waals surface area contributed by atoms with Crippen LogP contribution in [0.4, 0.5) is 0 Å². The summed E-state index contributed by atoms with van der Waals surface area (Å²) >= 11 is 0. The molecular formula is C38H36N6. The Morgan fingerprint density at radius 3 is 1.75 bits per heavy atom. The molecule has 0 fully saturated rings. The molecule has 1 heterocycles. The van der Waals surface area contributed by atoms with E-state index in [1.165, 1.54) is 0 Å². The summed E-state index contributed by atoms with van der Waals surface area (Å²) in [6, 6.07) is 47.8. The first-order chi connectivity index (χ1) is 21.7. The van der Waals surface area contributed by atoms with Gasteiger partial charge < -0.3 is 5.73 Å². The third-order valence-corrected chi connectivity index (χ3v) is 7.97. The minimum atomic E-state index is -0.828. The zero-order chi connectivity index (χ0) is 30.2. The van der Waals surface area contributed by atoms with Crippen LogP contribution in [-0.4, -0.2) is 26.0 Å². The van der Waals surface area contributed by atoms with Gasteiger partial charge in [0.15, 0.2) is 5.54 Å². The predicted octanol–water partition coefficient (Wildman–Crippen LogP) is 7.89. The van der Waals surface area contributed by atoms with Gasteiger partial charge in [-0.2, -0.15) is 0 Å². The smallest absolute Gasteiger partial charge is 0.205 e. The number of nitrogens with two attached hydrogens (primary N) is 1. The number of hydrogen-bond donors (Lipinski definition) is 1. The van der Waals surface area contributed by atoms with Crippen molar-refractivity contribution in [1.82, 2.24) is 20.2 Å². The van der Waals surface area contributed by atoms with Gasteiger partial charge in [-0.05, 0) is 45.0 Å². The molecule has 6 rings (SSSR count). The van der Waals surface area contributed by atoms with Gasteiger partial charge in [-0.1, -0.05) is 153 Å². The van der Waals surface area contributed by atoms with Gasteiger partial charge in [-0.15, -0.1) is 15.0 Å². The molecule has 0 aliphatic carbocycles. The van der Waals surface area contributed by atoms with E-state index in [9.17, 15) is 0 Å². The molecular weight excluding hydrogens is 540 g/mol. The van der Waals surface area contributed by atoms with Gasteiger partial charge in [0.1, 0.15) is 0 Å². The maximum absolute atomic E-state index is 6.08. The van der Waals surface area contributed by atoms with Gasteiger partial charge in [0, 0.05) is 12.0 Å². The molecule has 0 saturated carbocycles. The first-order valence-electron chi connectivity index (χ1n) is 15.1. The SMILES string of the molecule is CCCCC(N)=NCc1ccc(-c2ccccc2-c2nnn(C(c3ccccc3)(c3ccccc3)c3ccccc3)n2)cc1. The molecule has 0 aliphatic rings. The Balaban J connectivity index is 1.42. The molecule has 6 nitrogen and oxygen atoms in total. The standard InChI is InChI=1S/C38H36N6/c1-2-3-23-36(39)40-28-29-24-26-30(27-25-29)34-21-13-14-22-35(34)37-41-43-44(42-37)38(31-15-7-4-8-16-31,32-17-9-5-10-18-32)33-19-11-6-12-20-33/h4-22,24-27H,2-3,23,28H2,1H3,(H2,39,40). The zero-order valence-electron chi connectivity index (χ0n) is 24.9. The molecule has 0 saturated heterocycles. The molecule has 5 aromatic carbocycles. The van der Waals surface area contributed by atoms with Crippen molar-refractivity contribution in [2.75, 3.05) is 0 Å². The lowest BCUT2D eigenvalue weighted by Crippen LogP contribution is -2.39. The van der Waals surface area contributed by atoms with Crippen molar-refractivity contribution in [2.24, 2.45) is 10.7 Å². The molecule has 0 radical (unpaired) electrons. The third-order valence-electron chi connectivity index (χ3n) is 7.97. The molecule has 6 heteroatoms. The Kier molecular flexibility index (Phi) is 8.69. The number of benzene rings is 5. The predicted molar refractivity (Wildman–Crippen MR) is 178 cm³/mol. The fraction of sp³-hybridized carbons (Fsp3) is 0.158. The van der Waals surface area contributed by atoms with Crippen molar-refractivity contribution in [3.63, 3.8) is 0 Å². The van der Waals surface area contributed by atoms with Gasteiger partial charge in [0.25, 0.3) is 0 Å². The normalized spacial score (nSPS) is 11.9. The van der Waals surface area contributed by atoms with Crippen molar-refractivity contribution in [3.8, 4) is 22.5 Å². The second kappa shape index (κ2) is 13.3. The van der Waals surface area contributed by atoms with Crippen LogP contribution in [0.1, 0.15) is 48.4 Å². The monoisotopic (exact) mass is 576 g/mol. The first-order valence-corrected chi connectivity index (χ1v) is 15.1. The minimum absolute atomic E-state index is 0.560. The van der Waals surface area contributed by atoms with Gasteiger partial charge in [0.2, 0.25) is 5.82 Å². The van der Waals surface area contributed by atoms with Crippen LogP contribution in [0.2, 0.25) is 0 Å². The maximum Gasteiger partial charge on any atom is 0.205 e. The number of aromatic nitrogens is 4. The molecule has 0 aliphatic heterocycles. The molecule has 0 atom stereocenters. The molecule has 1 aromatic heterocycles. The van der Waals surface area contributed by atoms with Crippen molar-refractivity contribution in [1.29, 1.82) is 0 Å². The highest BCUT2D eigenvalue weighted by Crippen LogP contribution is 2.40. The van der Waals surface area contributed by atoms with Crippen LogP contribution in [0.3, 0.4) is 0 Å². The van der Waals surface area contributed by atoms with E-state index >= 15 is 0 Å². The molecule has 0 spiro atoms. The molecule has 0 bridgehead atoms. The van der Waals surface area contributed by atoms with E-state index in [2.05, 4.69) is 126 Å². The summed E-state index contributed by atoms with van der Waals surface area (Å²) in [5.74, 6) is 1.28. The van der Waals surface area contributed by atoms with Crippen LogP contribution < -0.4 is 5.73 Å². The van der Waals surface area contributed by atoms with Crippen LogP contribution in [-0.2, 0) is 12.1 Å². The van der Waals surface area contributed by atoms with Gasteiger partial charge in [0.05, 0.1) is 12.4 Å². The highest BCUT2D eigenvalue weighted by molar-refractivity contribution is 5.81. The number of nitrogens with zero attached hydrogens (tertiary/aromatic N) is 5. The topological polar surface area (TPSA) is 82.0 Å². The average Bonchev–Trinajstić information content (AvgIpc) is 3.59. The van der Waals surface area contributed by atoms with E-state index in [4.69, 9.17) is 16.0 Å². The number of tetrazole rings is 1. The van der Waals surface area contributed by atoms with Gasteiger partial charge in [-0.25, -0.2) is 0 Å².